The predicted molar refractivity (Wildman–Crippen MR) is 64.4 cm³/mol. The van der Waals surface area contributed by atoms with E-state index in [2.05, 4.69) is 10.2 Å². The molecule has 1 saturated heterocycles. The van der Waals surface area contributed by atoms with Crippen LogP contribution in [0.3, 0.4) is 0 Å². The van der Waals surface area contributed by atoms with Crippen LogP contribution >= 0.6 is 0 Å². The quantitative estimate of drug-likeness (QED) is 0.558. The molecule has 0 radical (unpaired) electrons. The van der Waals surface area contributed by atoms with Crippen molar-refractivity contribution in [2.24, 2.45) is 0 Å². The number of rotatable bonds is 3. The summed E-state index contributed by atoms with van der Waals surface area (Å²) in [6.07, 6.45) is 0. The van der Waals surface area contributed by atoms with E-state index in [4.69, 9.17) is 0 Å². The summed E-state index contributed by atoms with van der Waals surface area (Å²) in [5, 5.41) is 21.8. The second-order valence-electron chi connectivity index (χ2n) is 4.10. The Bertz CT molecular complexity index is 341. The Hall–Kier alpha value is -0.875. The number of hydrogen-bond acceptors (Lipinski definition) is 4. The molecule has 0 aliphatic carbocycles. The van der Waals surface area contributed by atoms with Crippen molar-refractivity contribution in [1.29, 1.82) is 0 Å². The molecule has 86 valence electrons. The second-order valence-corrected chi connectivity index (χ2v) is 4.10. The first kappa shape index (κ1) is 11.6. The summed E-state index contributed by atoms with van der Waals surface area (Å²) in [7, 11) is -1.38. The Balaban J connectivity index is 2.07. The zero-order valence-electron chi connectivity index (χ0n) is 9.26. The van der Waals surface area contributed by atoms with Gasteiger partial charge >= 0.3 is 7.12 Å². The third-order valence-corrected chi connectivity index (χ3v) is 2.94. The lowest BCUT2D eigenvalue weighted by molar-refractivity contribution is 0.233. The van der Waals surface area contributed by atoms with Crippen molar-refractivity contribution >= 4 is 12.6 Å². The summed E-state index contributed by atoms with van der Waals surface area (Å²) in [6.45, 7) is 4.81. The molecule has 1 aliphatic heterocycles. The van der Waals surface area contributed by atoms with E-state index in [0.29, 0.717) is 5.46 Å². The maximum absolute atomic E-state index is 9.26. The van der Waals surface area contributed by atoms with E-state index in [0.717, 1.165) is 38.3 Å². The number of benzene rings is 1. The standard InChI is InChI=1S/C11H17BN2O2/c15-12(16)11-4-2-1-3-10(11)9-14-7-5-13-6-8-14/h1-4,13,15-16H,5-9H2. The summed E-state index contributed by atoms with van der Waals surface area (Å²) in [6, 6.07) is 7.48. The van der Waals surface area contributed by atoms with E-state index in [-0.39, 0.29) is 0 Å². The average molecular weight is 220 g/mol. The summed E-state index contributed by atoms with van der Waals surface area (Å²) >= 11 is 0. The summed E-state index contributed by atoms with van der Waals surface area (Å²) in [5.74, 6) is 0. The van der Waals surface area contributed by atoms with Crippen molar-refractivity contribution < 1.29 is 10.0 Å². The lowest BCUT2D eigenvalue weighted by Gasteiger charge is -2.27. The van der Waals surface area contributed by atoms with E-state index in [1.54, 1.807) is 6.07 Å². The first-order chi connectivity index (χ1) is 7.77. The van der Waals surface area contributed by atoms with Gasteiger partial charge in [-0.15, -0.1) is 0 Å². The number of nitrogens with zero attached hydrogens (tertiary/aromatic N) is 1. The van der Waals surface area contributed by atoms with Gasteiger partial charge in [0, 0.05) is 32.7 Å². The molecular formula is C11H17BN2O2. The van der Waals surface area contributed by atoms with Crippen molar-refractivity contribution in [2.75, 3.05) is 26.2 Å². The summed E-state index contributed by atoms with van der Waals surface area (Å²) < 4.78 is 0. The van der Waals surface area contributed by atoms with Gasteiger partial charge in [-0.05, 0) is 11.0 Å². The Labute approximate surface area is 96.0 Å². The minimum Gasteiger partial charge on any atom is -0.423 e. The third-order valence-electron chi connectivity index (χ3n) is 2.94. The molecule has 1 heterocycles. The fraction of sp³-hybridized carbons (Fsp3) is 0.455. The Morgan fingerprint density at radius 2 is 1.88 bits per heavy atom. The number of piperazine rings is 1. The lowest BCUT2D eigenvalue weighted by Crippen LogP contribution is -2.44. The molecule has 3 N–H and O–H groups in total. The van der Waals surface area contributed by atoms with Crippen LogP contribution in [0.5, 0.6) is 0 Å². The van der Waals surface area contributed by atoms with Crippen LogP contribution in [0.2, 0.25) is 0 Å². The molecule has 0 unspecified atom stereocenters. The van der Waals surface area contributed by atoms with Crippen molar-refractivity contribution in [3.05, 3.63) is 29.8 Å². The molecule has 16 heavy (non-hydrogen) atoms. The molecule has 2 rings (SSSR count). The Morgan fingerprint density at radius 3 is 2.56 bits per heavy atom. The molecule has 0 saturated carbocycles. The molecule has 0 atom stereocenters. The average Bonchev–Trinajstić information content (AvgIpc) is 2.31. The van der Waals surface area contributed by atoms with Gasteiger partial charge in [0.1, 0.15) is 0 Å². The normalized spacial score (nSPS) is 17.4. The minimum atomic E-state index is -1.38. The molecule has 1 aromatic rings. The number of hydrogen-bond donors (Lipinski definition) is 3. The topological polar surface area (TPSA) is 55.7 Å². The van der Waals surface area contributed by atoms with Crippen LogP contribution in [0.1, 0.15) is 5.56 Å². The molecule has 1 fully saturated rings. The van der Waals surface area contributed by atoms with Gasteiger partial charge in [0.05, 0.1) is 0 Å². The van der Waals surface area contributed by atoms with E-state index < -0.39 is 7.12 Å². The van der Waals surface area contributed by atoms with E-state index >= 15 is 0 Å². The molecule has 0 spiro atoms. The Morgan fingerprint density at radius 1 is 1.19 bits per heavy atom. The van der Waals surface area contributed by atoms with Crippen molar-refractivity contribution in [1.82, 2.24) is 10.2 Å². The van der Waals surface area contributed by atoms with Crippen LogP contribution < -0.4 is 10.8 Å². The largest absolute Gasteiger partial charge is 0.488 e. The Kier molecular flexibility index (Phi) is 3.95. The van der Waals surface area contributed by atoms with Crippen LogP contribution in [0.25, 0.3) is 0 Å². The predicted octanol–water partition coefficient (Wildman–Crippen LogP) is -1.23. The highest BCUT2D eigenvalue weighted by Crippen LogP contribution is 2.04. The van der Waals surface area contributed by atoms with Crippen LogP contribution in [0.4, 0.5) is 0 Å². The van der Waals surface area contributed by atoms with E-state index in [9.17, 15) is 10.0 Å². The highest BCUT2D eigenvalue weighted by molar-refractivity contribution is 6.59. The van der Waals surface area contributed by atoms with Gasteiger partial charge < -0.3 is 15.4 Å². The fourth-order valence-electron chi connectivity index (χ4n) is 2.04. The van der Waals surface area contributed by atoms with Gasteiger partial charge in [0.15, 0.2) is 0 Å². The van der Waals surface area contributed by atoms with Gasteiger partial charge in [0.2, 0.25) is 0 Å². The molecule has 1 aromatic carbocycles. The first-order valence-electron chi connectivity index (χ1n) is 5.64. The monoisotopic (exact) mass is 220 g/mol. The molecular weight excluding hydrogens is 203 g/mol. The summed E-state index contributed by atoms with van der Waals surface area (Å²) in [4.78, 5) is 2.32. The van der Waals surface area contributed by atoms with Gasteiger partial charge in [0.25, 0.3) is 0 Å². The van der Waals surface area contributed by atoms with Crippen molar-refractivity contribution in [3.63, 3.8) is 0 Å². The zero-order valence-corrected chi connectivity index (χ0v) is 9.26. The van der Waals surface area contributed by atoms with Crippen LogP contribution in [0, 0.1) is 0 Å². The van der Waals surface area contributed by atoms with Crippen molar-refractivity contribution in [3.8, 4) is 0 Å². The molecule has 5 heteroatoms. The maximum Gasteiger partial charge on any atom is 0.488 e. The SMILES string of the molecule is OB(O)c1ccccc1CN1CCNCC1. The molecule has 0 amide bonds. The molecule has 4 nitrogen and oxygen atoms in total. The van der Waals surface area contributed by atoms with E-state index in [1.165, 1.54) is 0 Å². The fourth-order valence-corrected chi connectivity index (χ4v) is 2.04. The highest BCUT2D eigenvalue weighted by Gasteiger charge is 2.17. The van der Waals surface area contributed by atoms with Gasteiger partial charge in [-0.3, -0.25) is 4.90 Å². The maximum atomic E-state index is 9.26. The van der Waals surface area contributed by atoms with Crippen LogP contribution in [-0.4, -0.2) is 48.2 Å². The first-order valence-corrected chi connectivity index (χ1v) is 5.64. The smallest absolute Gasteiger partial charge is 0.423 e. The molecule has 0 bridgehead atoms. The van der Waals surface area contributed by atoms with E-state index in [1.807, 2.05) is 18.2 Å². The van der Waals surface area contributed by atoms with Gasteiger partial charge in [-0.2, -0.15) is 0 Å². The third kappa shape index (κ3) is 2.83. The minimum absolute atomic E-state index is 0.612. The van der Waals surface area contributed by atoms with Crippen molar-refractivity contribution in [2.45, 2.75) is 6.54 Å². The zero-order chi connectivity index (χ0) is 11.4. The summed E-state index contributed by atoms with van der Waals surface area (Å²) in [5.41, 5.74) is 1.61. The lowest BCUT2D eigenvalue weighted by atomic mass is 9.77. The van der Waals surface area contributed by atoms with Gasteiger partial charge in [-0.1, -0.05) is 24.3 Å². The van der Waals surface area contributed by atoms with Crippen LogP contribution in [-0.2, 0) is 6.54 Å². The van der Waals surface area contributed by atoms with Gasteiger partial charge in [-0.25, -0.2) is 0 Å². The van der Waals surface area contributed by atoms with Crippen LogP contribution in [0.15, 0.2) is 24.3 Å². The second kappa shape index (κ2) is 5.45. The molecule has 1 aliphatic rings. The highest BCUT2D eigenvalue weighted by atomic mass is 16.4. The molecule has 0 aromatic heterocycles. The number of nitrogens with one attached hydrogen (secondary N) is 1.